The molecular formula is C23H17BrN4O4S. The minimum absolute atomic E-state index is 0.0283. The molecule has 4 aromatic rings. The number of amides is 1. The van der Waals surface area contributed by atoms with Crippen molar-refractivity contribution in [3.8, 4) is 17.2 Å². The fourth-order valence-corrected chi connectivity index (χ4v) is 4.06. The van der Waals surface area contributed by atoms with E-state index in [0.717, 1.165) is 16.2 Å². The fourth-order valence-electron chi connectivity index (χ4n) is 2.99. The summed E-state index contributed by atoms with van der Waals surface area (Å²) >= 11 is 4.51. The van der Waals surface area contributed by atoms with Gasteiger partial charge >= 0.3 is 0 Å². The number of nitrogens with zero attached hydrogens (tertiary/aromatic N) is 3. The average molecular weight is 525 g/mol. The number of halogens is 1. The van der Waals surface area contributed by atoms with E-state index >= 15 is 0 Å². The summed E-state index contributed by atoms with van der Waals surface area (Å²) in [6, 6.07) is 18.5. The number of hydrogen-bond donors (Lipinski definition) is 3. The molecule has 3 N–H and O–H groups in total. The Balaban J connectivity index is 1.55. The number of carbonyl (C=O) groups excluding carboxylic acids is 1. The Hall–Kier alpha value is -3.63. The monoisotopic (exact) mass is 524 g/mol. The second-order valence-corrected chi connectivity index (χ2v) is 8.72. The molecule has 0 unspecified atom stereocenters. The van der Waals surface area contributed by atoms with Gasteiger partial charge in [0, 0.05) is 4.47 Å². The predicted octanol–water partition coefficient (Wildman–Crippen LogP) is 3.80. The van der Waals surface area contributed by atoms with Crippen LogP contribution in [0.3, 0.4) is 0 Å². The second kappa shape index (κ2) is 9.88. The summed E-state index contributed by atoms with van der Waals surface area (Å²) < 4.78 is 2.36. The summed E-state index contributed by atoms with van der Waals surface area (Å²) in [4.78, 5) is 30.1. The number of phenolic OH excluding ortho intramolecular Hbond substituents is 2. The van der Waals surface area contributed by atoms with Crippen molar-refractivity contribution in [2.45, 2.75) is 5.16 Å². The molecule has 0 spiro atoms. The van der Waals surface area contributed by atoms with Gasteiger partial charge in [0.1, 0.15) is 0 Å². The van der Waals surface area contributed by atoms with E-state index in [9.17, 15) is 19.8 Å². The van der Waals surface area contributed by atoms with Gasteiger partial charge in [-0.2, -0.15) is 5.10 Å². The zero-order chi connectivity index (χ0) is 23.4. The number of nitrogens with one attached hydrogen (secondary N) is 1. The molecule has 0 saturated carbocycles. The van der Waals surface area contributed by atoms with Crippen molar-refractivity contribution >= 4 is 50.7 Å². The molecule has 0 saturated heterocycles. The molecule has 166 valence electrons. The minimum Gasteiger partial charge on any atom is -0.504 e. The van der Waals surface area contributed by atoms with Crippen molar-refractivity contribution in [2.75, 3.05) is 5.75 Å². The van der Waals surface area contributed by atoms with Crippen LogP contribution < -0.4 is 11.0 Å². The lowest BCUT2D eigenvalue weighted by Crippen LogP contribution is -2.24. The van der Waals surface area contributed by atoms with Gasteiger partial charge < -0.3 is 10.2 Å². The van der Waals surface area contributed by atoms with E-state index in [1.165, 1.54) is 29.0 Å². The highest BCUT2D eigenvalue weighted by atomic mass is 79.9. The number of hydrazone groups is 1. The summed E-state index contributed by atoms with van der Waals surface area (Å²) in [6.45, 7) is 0. The molecule has 10 heteroatoms. The van der Waals surface area contributed by atoms with Gasteiger partial charge in [0.2, 0.25) is 0 Å². The Morgan fingerprint density at radius 1 is 1.09 bits per heavy atom. The molecule has 0 aliphatic rings. The van der Waals surface area contributed by atoms with Crippen LogP contribution in [-0.2, 0) is 4.79 Å². The van der Waals surface area contributed by atoms with Crippen LogP contribution in [0.5, 0.6) is 11.5 Å². The molecule has 0 fully saturated rings. The first-order valence-electron chi connectivity index (χ1n) is 9.67. The highest BCUT2D eigenvalue weighted by Gasteiger charge is 2.14. The number of hydrogen-bond acceptors (Lipinski definition) is 7. The molecule has 8 nitrogen and oxygen atoms in total. The van der Waals surface area contributed by atoms with Gasteiger partial charge in [-0.25, -0.2) is 10.4 Å². The van der Waals surface area contributed by atoms with Gasteiger partial charge in [-0.05, 0) is 60.2 Å². The number of phenols is 2. The van der Waals surface area contributed by atoms with E-state index in [0.29, 0.717) is 27.3 Å². The van der Waals surface area contributed by atoms with E-state index < -0.39 is 5.91 Å². The fraction of sp³-hybridized carbons (Fsp3) is 0.0435. The van der Waals surface area contributed by atoms with Crippen molar-refractivity contribution in [1.29, 1.82) is 0 Å². The number of fused-ring (bicyclic) bond motifs is 1. The van der Waals surface area contributed by atoms with E-state index in [1.54, 1.807) is 36.4 Å². The Morgan fingerprint density at radius 2 is 1.85 bits per heavy atom. The summed E-state index contributed by atoms with van der Waals surface area (Å²) in [7, 11) is 0. The molecule has 4 rings (SSSR count). The molecule has 0 radical (unpaired) electrons. The molecule has 1 aromatic heterocycles. The van der Waals surface area contributed by atoms with Crippen molar-refractivity contribution in [2.24, 2.45) is 5.10 Å². The molecule has 0 bridgehead atoms. The first-order chi connectivity index (χ1) is 15.9. The van der Waals surface area contributed by atoms with Gasteiger partial charge in [-0.3, -0.25) is 14.2 Å². The van der Waals surface area contributed by atoms with E-state index in [2.05, 4.69) is 31.4 Å². The average Bonchev–Trinajstić information content (AvgIpc) is 2.81. The van der Waals surface area contributed by atoms with Gasteiger partial charge in [0.25, 0.3) is 11.5 Å². The summed E-state index contributed by atoms with van der Waals surface area (Å²) in [5.74, 6) is -0.954. The van der Waals surface area contributed by atoms with E-state index in [1.807, 2.05) is 12.1 Å². The smallest absolute Gasteiger partial charge is 0.266 e. The maximum absolute atomic E-state index is 13.2. The van der Waals surface area contributed by atoms with Crippen molar-refractivity contribution in [3.63, 3.8) is 0 Å². The quantitative estimate of drug-likeness (QED) is 0.116. The topological polar surface area (TPSA) is 117 Å². The largest absolute Gasteiger partial charge is 0.504 e. The molecule has 0 atom stereocenters. The van der Waals surface area contributed by atoms with Crippen LogP contribution in [0.4, 0.5) is 0 Å². The zero-order valence-electron chi connectivity index (χ0n) is 17.0. The Kier molecular flexibility index (Phi) is 6.76. The first kappa shape index (κ1) is 22.6. The lowest BCUT2D eigenvalue weighted by atomic mass is 10.2. The summed E-state index contributed by atoms with van der Waals surface area (Å²) in [5, 5.41) is 23.6. The van der Waals surface area contributed by atoms with Crippen LogP contribution in [0.2, 0.25) is 0 Å². The molecule has 1 heterocycles. The highest BCUT2D eigenvalue weighted by molar-refractivity contribution is 9.10. The van der Waals surface area contributed by atoms with Crippen molar-refractivity contribution in [3.05, 3.63) is 87.1 Å². The lowest BCUT2D eigenvalue weighted by Gasteiger charge is -2.13. The second-order valence-electron chi connectivity index (χ2n) is 6.86. The van der Waals surface area contributed by atoms with Gasteiger partial charge in [0.05, 0.1) is 28.6 Å². The zero-order valence-corrected chi connectivity index (χ0v) is 19.4. The molecule has 1 amide bonds. The third-order valence-corrected chi connectivity index (χ3v) is 6.03. The number of para-hydroxylation sites is 1. The standard InChI is InChI=1S/C23H17BrN4O4S/c24-15-6-8-16(9-7-15)28-22(32)17-3-1-2-4-18(17)26-23(28)33-13-21(31)27-25-12-14-5-10-19(29)20(30)11-14/h1-12,29-30H,13H2,(H,27,31)/b25-12+. The SMILES string of the molecule is O=C(CSc1nc2ccccc2c(=O)n1-c1ccc(Br)cc1)N/N=C/c1ccc(O)c(O)c1. The third kappa shape index (κ3) is 5.24. The van der Waals surface area contributed by atoms with Crippen LogP contribution in [0.25, 0.3) is 16.6 Å². The maximum Gasteiger partial charge on any atom is 0.266 e. The minimum atomic E-state index is -0.399. The lowest BCUT2D eigenvalue weighted by molar-refractivity contribution is -0.118. The molecule has 33 heavy (non-hydrogen) atoms. The number of aromatic nitrogens is 2. The van der Waals surface area contributed by atoms with Gasteiger partial charge in [-0.15, -0.1) is 0 Å². The van der Waals surface area contributed by atoms with Crippen LogP contribution >= 0.6 is 27.7 Å². The van der Waals surface area contributed by atoms with Gasteiger partial charge in [0.15, 0.2) is 16.7 Å². The molecule has 0 aliphatic heterocycles. The molecular weight excluding hydrogens is 508 g/mol. The van der Waals surface area contributed by atoms with Gasteiger partial charge in [-0.1, -0.05) is 39.8 Å². The number of benzene rings is 3. The van der Waals surface area contributed by atoms with Crippen molar-refractivity contribution < 1.29 is 15.0 Å². The summed E-state index contributed by atoms with van der Waals surface area (Å²) in [6.07, 6.45) is 1.34. The number of thioether (sulfide) groups is 1. The first-order valence-corrected chi connectivity index (χ1v) is 11.4. The van der Waals surface area contributed by atoms with Crippen LogP contribution in [-0.4, -0.2) is 37.6 Å². The Bertz CT molecular complexity index is 1420. The van der Waals surface area contributed by atoms with Crippen molar-refractivity contribution in [1.82, 2.24) is 15.0 Å². The predicted molar refractivity (Wildman–Crippen MR) is 131 cm³/mol. The van der Waals surface area contributed by atoms with Crippen LogP contribution in [0, 0.1) is 0 Å². The Labute approximate surface area is 200 Å². The van der Waals surface area contributed by atoms with Crippen LogP contribution in [0.1, 0.15) is 5.56 Å². The van der Waals surface area contributed by atoms with E-state index in [-0.39, 0.29) is 22.8 Å². The number of rotatable bonds is 6. The number of aromatic hydroxyl groups is 2. The number of carbonyl (C=O) groups is 1. The third-order valence-electron chi connectivity index (χ3n) is 4.56. The maximum atomic E-state index is 13.2. The van der Waals surface area contributed by atoms with E-state index in [4.69, 9.17) is 0 Å². The molecule has 0 aliphatic carbocycles. The Morgan fingerprint density at radius 3 is 2.61 bits per heavy atom. The summed E-state index contributed by atoms with van der Waals surface area (Å²) in [5.41, 5.74) is 3.85. The van der Waals surface area contributed by atoms with Crippen LogP contribution in [0.15, 0.2) is 86.3 Å². The molecule has 3 aromatic carbocycles. The normalized spacial score (nSPS) is 11.2. The highest BCUT2D eigenvalue weighted by Crippen LogP contribution is 2.24.